The quantitative estimate of drug-likeness (QED) is 0.354. The van der Waals surface area contributed by atoms with Crippen LogP contribution >= 0.6 is 0 Å². The molecule has 3 aliphatic heterocycles. The number of fused-ring (bicyclic) bond motifs is 4. The minimum Gasteiger partial charge on any atom is -0.446 e. The maximum absolute atomic E-state index is 13.6. The molecule has 0 aromatic carbocycles. The third kappa shape index (κ3) is 5.20. The summed E-state index contributed by atoms with van der Waals surface area (Å²) in [6, 6.07) is 0. The monoisotopic (exact) mass is 743 g/mol. The normalized spacial score (nSPS) is 47.6. The van der Waals surface area contributed by atoms with Gasteiger partial charge >= 0.3 is 12.2 Å². The van der Waals surface area contributed by atoms with Gasteiger partial charge in [0.25, 0.3) is 0 Å². The molecule has 0 aromatic heterocycles. The molecular weight excluding hydrogens is 672 g/mol. The van der Waals surface area contributed by atoms with Crippen LogP contribution in [0.15, 0.2) is 0 Å². The van der Waals surface area contributed by atoms with Crippen molar-refractivity contribution in [3.8, 4) is 0 Å². The number of hydrogen-bond acceptors (Lipinski definition) is 9. The fourth-order valence-corrected chi connectivity index (χ4v) is 15.0. The largest absolute Gasteiger partial charge is 0.446 e. The van der Waals surface area contributed by atoms with Gasteiger partial charge in [-0.1, -0.05) is 48.5 Å². The van der Waals surface area contributed by atoms with Gasteiger partial charge in [0, 0.05) is 58.3 Å². The summed E-state index contributed by atoms with van der Waals surface area (Å²) >= 11 is 0. The first-order valence-corrected chi connectivity index (χ1v) is 21.3. The average Bonchev–Trinajstić information content (AvgIpc) is 3.56. The number of rotatable bonds is 7. The third-order valence-corrected chi connectivity index (χ3v) is 17.8. The summed E-state index contributed by atoms with van der Waals surface area (Å²) in [7, 11) is 1.73. The number of methoxy groups -OCH3 is 1. The van der Waals surface area contributed by atoms with E-state index in [4.69, 9.17) is 24.7 Å². The molecule has 14 unspecified atom stereocenters. The lowest BCUT2D eigenvalue weighted by molar-refractivity contribution is -0.180. The third-order valence-electron chi connectivity index (χ3n) is 17.8. The SMILES string of the molecule is COCCN1CCN(C(=O)OC2CCC34C(CCC5C6(N)C(O)C7OC(C(OC(=O)N8CCC8)C(C)C)CC(C)C7C6(C)CCC53C4C)C2(C)C)CC1. The molecule has 5 saturated carbocycles. The molecule has 0 radical (unpaired) electrons. The fourth-order valence-electron chi connectivity index (χ4n) is 15.0. The van der Waals surface area contributed by atoms with Crippen LogP contribution in [0, 0.1) is 57.2 Å². The number of aliphatic hydroxyl groups is 1. The van der Waals surface area contributed by atoms with Crippen molar-refractivity contribution in [1.82, 2.24) is 14.7 Å². The number of hydrogen-bond donors (Lipinski definition) is 2. The summed E-state index contributed by atoms with van der Waals surface area (Å²) < 4.78 is 24.9. The summed E-state index contributed by atoms with van der Waals surface area (Å²) in [4.78, 5) is 32.6. The van der Waals surface area contributed by atoms with Crippen LogP contribution in [0.5, 0.6) is 0 Å². The van der Waals surface area contributed by atoms with Crippen molar-refractivity contribution in [2.24, 2.45) is 62.9 Å². The molecule has 3 N–H and O–H groups in total. The molecule has 3 saturated heterocycles. The van der Waals surface area contributed by atoms with Crippen molar-refractivity contribution < 1.29 is 33.6 Å². The Labute approximate surface area is 318 Å². The topological polar surface area (TPSA) is 127 Å². The van der Waals surface area contributed by atoms with Crippen LogP contribution in [0.3, 0.4) is 0 Å². The van der Waals surface area contributed by atoms with E-state index < -0.39 is 11.6 Å². The van der Waals surface area contributed by atoms with Gasteiger partial charge in [-0.05, 0) is 103 Å². The lowest BCUT2D eigenvalue weighted by atomic mass is 9.43. The zero-order chi connectivity index (χ0) is 37.9. The fraction of sp³-hybridized carbons (Fsp3) is 0.952. The molecule has 0 aromatic rings. The summed E-state index contributed by atoms with van der Waals surface area (Å²) in [5.41, 5.74) is 6.93. The van der Waals surface area contributed by atoms with E-state index in [0.29, 0.717) is 31.5 Å². The first-order chi connectivity index (χ1) is 25.1. The van der Waals surface area contributed by atoms with Crippen LogP contribution in [-0.4, -0.2) is 128 Å². The molecule has 3 heterocycles. The highest BCUT2D eigenvalue weighted by Crippen LogP contribution is 2.90. The van der Waals surface area contributed by atoms with Gasteiger partial charge in [0.05, 0.1) is 30.5 Å². The summed E-state index contributed by atoms with van der Waals surface area (Å²) in [6.07, 6.45) is 5.55. The molecule has 53 heavy (non-hydrogen) atoms. The predicted octanol–water partition coefficient (Wildman–Crippen LogP) is 5.37. The minimum atomic E-state index is -0.787. The molecule has 300 valence electrons. The molecule has 11 heteroatoms. The highest BCUT2D eigenvalue weighted by atomic mass is 16.6. The van der Waals surface area contributed by atoms with E-state index in [0.717, 1.165) is 84.1 Å². The van der Waals surface area contributed by atoms with E-state index >= 15 is 0 Å². The van der Waals surface area contributed by atoms with E-state index in [1.807, 2.05) is 4.90 Å². The summed E-state index contributed by atoms with van der Waals surface area (Å²) in [6.45, 7) is 22.3. The number of likely N-dealkylation sites (tertiary alicyclic amines) is 1. The highest BCUT2D eigenvalue weighted by Gasteiger charge is 2.88. The molecule has 14 atom stereocenters. The molecule has 8 fully saturated rings. The molecule has 2 spiro atoms. The van der Waals surface area contributed by atoms with Gasteiger partial charge in [0.1, 0.15) is 12.2 Å². The van der Waals surface area contributed by atoms with E-state index in [9.17, 15) is 14.7 Å². The van der Waals surface area contributed by atoms with Gasteiger partial charge in [-0.15, -0.1) is 0 Å². The number of piperazine rings is 1. The van der Waals surface area contributed by atoms with Gasteiger partial charge in [-0.3, -0.25) is 4.90 Å². The van der Waals surface area contributed by atoms with Crippen molar-refractivity contribution in [2.45, 2.75) is 136 Å². The first kappa shape index (κ1) is 38.2. The Morgan fingerprint density at radius 3 is 2.21 bits per heavy atom. The van der Waals surface area contributed by atoms with Crippen LogP contribution in [0.4, 0.5) is 9.59 Å². The van der Waals surface area contributed by atoms with Crippen LogP contribution in [0.25, 0.3) is 0 Å². The second-order valence-electron chi connectivity index (χ2n) is 20.1. The second kappa shape index (κ2) is 13.2. The lowest BCUT2D eigenvalue weighted by Crippen LogP contribution is -2.70. The van der Waals surface area contributed by atoms with E-state index in [1.165, 1.54) is 0 Å². The van der Waals surface area contributed by atoms with Gasteiger partial charge in [-0.25, -0.2) is 9.59 Å². The molecular formula is C42H70N4O7. The molecule has 8 aliphatic rings. The smallest absolute Gasteiger partial charge is 0.410 e. The van der Waals surface area contributed by atoms with Crippen molar-refractivity contribution in [3.05, 3.63) is 0 Å². The minimum absolute atomic E-state index is 0.0687. The number of nitrogens with two attached hydrogens (primary N) is 1. The average molecular weight is 743 g/mol. The maximum atomic E-state index is 13.6. The zero-order valence-electron chi connectivity index (χ0n) is 34.0. The van der Waals surface area contributed by atoms with Crippen molar-refractivity contribution >= 4 is 12.2 Å². The molecule has 11 nitrogen and oxygen atoms in total. The Kier molecular flexibility index (Phi) is 9.52. The number of amides is 2. The van der Waals surface area contributed by atoms with Gasteiger partial charge in [-0.2, -0.15) is 0 Å². The van der Waals surface area contributed by atoms with Crippen LogP contribution in [0.1, 0.15) is 99.8 Å². The Morgan fingerprint density at radius 2 is 1.57 bits per heavy atom. The number of ether oxygens (including phenoxy) is 4. The second-order valence-corrected chi connectivity index (χ2v) is 20.1. The predicted molar refractivity (Wildman–Crippen MR) is 201 cm³/mol. The number of nitrogens with zero attached hydrogens (tertiary/aromatic N) is 3. The Bertz CT molecular complexity index is 1420. The van der Waals surface area contributed by atoms with E-state index in [1.54, 1.807) is 12.0 Å². The molecule has 5 aliphatic carbocycles. The van der Waals surface area contributed by atoms with Gasteiger partial charge < -0.3 is 39.6 Å². The lowest BCUT2D eigenvalue weighted by Gasteiger charge is -2.63. The van der Waals surface area contributed by atoms with Crippen LogP contribution < -0.4 is 5.73 Å². The molecule has 0 bridgehead atoms. The number of carbonyl (C=O) groups excluding carboxylic acids is 2. The van der Waals surface area contributed by atoms with Crippen molar-refractivity contribution in [1.29, 1.82) is 0 Å². The van der Waals surface area contributed by atoms with Gasteiger partial charge in [0.15, 0.2) is 0 Å². The number of aliphatic hydroxyl groups excluding tert-OH is 1. The summed E-state index contributed by atoms with van der Waals surface area (Å²) in [5, 5.41) is 12.7. The maximum Gasteiger partial charge on any atom is 0.410 e. The zero-order valence-corrected chi connectivity index (χ0v) is 34.0. The van der Waals surface area contributed by atoms with E-state index in [2.05, 4.69) is 53.4 Å². The first-order valence-electron chi connectivity index (χ1n) is 21.3. The van der Waals surface area contributed by atoms with Crippen LogP contribution in [-0.2, 0) is 18.9 Å². The molecule has 2 amide bonds. The Hall–Kier alpha value is -1.66. The Morgan fingerprint density at radius 1 is 0.906 bits per heavy atom. The molecule has 8 rings (SSSR count). The van der Waals surface area contributed by atoms with Gasteiger partial charge in [0.2, 0.25) is 0 Å². The highest BCUT2D eigenvalue weighted by molar-refractivity contribution is 5.69. The number of carbonyl (C=O) groups is 2. The van der Waals surface area contributed by atoms with Crippen molar-refractivity contribution in [3.63, 3.8) is 0 Å². The van der Waals surface area contributed by atoms with Crippen molar-refractivity contribution in [2.75, 3.05) is 59.5 Å². The van der Waals surface area contributed by atoms with E-state index in [-0.39, 0.29) is 81.9 Å². The Balaban J connectivity index is 0.998. The van der Waals surface area contributed by atoms with Crippen LogP contribution in [0.2, 0.25) is 0 Å². The summed E-state index contributed by atoms with van der Waals surface area (Å²) in [5.74, 6) is 1.65. The standard InChI is InChI=1S/C42H70N4O7/c1-25(2)33(53-37(49)45-16-9-17-45)28-24-26(3)32-34(51-28)35(47)42(43)30-11-10-29-38(5,6)31(52-36(48)46-20-18-44(19-21-46)22-23-50-8)12-13-40(29)27(4)41(30,40)15-14-39(32,42)7/h25-35,47H,9-24,43H2,1-8H3.